The minimum absolute atomic E-state index is 0.135. The van der Waals surface area contributed by atoms with Gasteiger partial charge < -0.3 is 5.32 Å². The lowest BCUT2D eigenvalue weighted by Crippen LogP contribution is -2.62. The first-order valence-electron chi connectivity index (χ1n) is 5.94. The third-order valence-electron chi connectivity index (χ3n) is 5.67. The number of hydrogen-bond acceptors (Lipinski definition) is 1. The zero-order chi connectivity index (χ0) is 9.81. The van der Waals surface area contributed by atoms with Gasteiger partial charge in [0.2, 0.25) is 6.41 Å². The molecule has 3 fully saturated rings. The van der Waals surface area contributed by atoms with Crippen molar-refractivity contribution in [2.24, 2.45) is 17.3 Å². The van der Waals surface area contributed by atoms with Crippen LogP contribution in [0.5, 0.6) is 0 Å². The van der Waals surface area contributed by atoms with Crippen LogP contribution in [0, 0.1) is 17.3 Å². The highest BCUT2D eigenvalue weighted by Gasteiger charge is 2.66. The lowest BCUT2D eigenvalue weighted by atomic mass is 9.52. The van der Waals surface area contributed by atoms with Gasteiger partial charge >= 0.3 is 0 Å². The van der Waals surface area contributed by atoms with Crippen molar-refractivity contribution in [3.05, 3.63) is 0 Å². The van der Waals surface area contributed by atoms with Crippen LogP contribution >= 0.6 is 0 Å². The summed E-state index contributed by atoms with van der Waals surface area (Å²) in [5, 5.41) is 3.16. The maximum absolute atomic E-state index is 10.8. The predicted octanol–water partition coefficient (Wildman–Crippen LogP) is 2.09. The van der Waals surface area contributed by atoms with Crippen LogP contribution in [0.2, 0.25) is 0 Å². The maximum Gasteiger partial charge on any atom is 0.207 e. The summed E-state index contributed by atoms with van der Waals surface area (Å²) >= 11 is 0. The van der Waals surface area contributed by atoms with Crippen molar-refractivity contribution in [2.45, 2.75) is 51.0 Å². The summed E-state index contributed by atoms with van der Waals surface area (Å²) < 4.78 is 0. The molecule has 2 heteroatoms. The SMILES string of the molecule is CC1(NC=O)C2CCC(C2)C12CCC2. The van der Waals surface area contributed by atoms with Crippen molar-refractivity contribution < 1.29 is 4.79 Å². The van der Waals surface area contributed by atoms with Gasteiger partial charge in [-0.15, -0.1) is 0 Å². The van der Waals surface area contributed by atoms with Gasteiger partial charge in [0, 0.05) is 5.54 Å². The summed E-state index contributed by atoms with van der Waals surface area (Å²) in [7, 11) is 0. The molecular weight excluding hydrogens is 174 g/mol. The molecule has 0 aromatic rings. The van der Waals surface area contributed by atoms with Gasteiger partial charge in [-0.1, -0.05) is 6.42 Å². The van der Waals surface area contributed by atoms with E-state index in [2.05, 4.69) is 12.2 Å². The number of hydrogen-bond donors (Lipinski definition) is 1. The van der Waals surface area contributed by atoms with E-state index in [1.807, 2.05) is 0 Å². The molecule has 3 aliphatic carbocycles. The Labute approximate surface area is 85.4 Å². The standard InChI is InChI=1S/C12H19NO/c1-11(13-8-14)9-3-4-10(7-9)12(11)5-2-6-12/h8-10H,2-7H2,1H3,(H,13,14). The molecule has 14 heavy (non-hydrogen) atoms. The Kier molecular flexibility index (Phi) is 1.58. The van der Waals surface area contributed by atoms with E-state index in [1.54, 1.807) is 0 Å². The topological polar surface area (TPSA) is 29.1 Å². The van der Waals surface area contributed by atoms with E-state index in [-0.39, 0.29) is 5.54 Å². The molecule has 0 radical (unpaired) electrons. The second-order valence-electron chi connectivity index (χ2n) is 5.68. The van der Waals surface area contributed by atoms with E-state index in [0.29, 0.717) is 5.41 Å². The smallest absolute Gasteiger partial charge is 0.207 e. The maximum atomic E-state index is 10.8. The van der Waals surface area contributed by atoms with Gasteiger partial charge in [0.05, 0.1) is 0 Å². The zero-order valence-corrected chi connectivity index (χ0v) is 8.88. The fraction of sp³-hybridized carbons (Fsp3) is 0.917. The number of carbonyl (C=O) groups is 1. The van der Waals surface area contributed by atoms with Gasteiger partial charge in [-0.3, -0.25) is 4.79 Å². The highest BCUT2D eigenvalue weighted by Crippen LogP contribution is 2.69. The molecule has 3 aliphatic rings. The number of carbonyl (C=O) groups excluding carboxylic acids is 1. The molecule has 0 aliphatic heterocycles. The van der Waals surface area contributed by atoms with Crippen LogP contribution in [0.25, 0.3) is 0 Å². The van der Waals surface area contributed by atoms with Crippen LogP contribution < -0.4 is 5.32 Å². The lowest BCUT2D eigenvalue weighted by Gasteiger charge is -2.57. The molecule has 0 heterocycles. The second-order valence-corrected chi connectivity index (χ2v) is 5.68. The van der Waals surface area contributed by atoms with Crippen LogP contribution in [-0.2, 0) is 4.79 Å². The van der Waals surface area contributed by atoms with Gasteiger partial charge in [0.15, 0.2) is 0 Å². The summed E-state index contributed by atoms with van der Waals surface area (Å²) in [5.41, 5.74) is 0.632. The van der Waals surface area contributed by atoms with Crippen molar-refractivity contribution in [3.63, 3.8) is 0 Å². The minimum Gasteiger partial charge on any atom is -0.353 e. The van der Waals surface area contributed by atoms with E-state index in [4.69, 9.17) is 0 Å². The molecule has 3 atom stereocenters. The third-order valence-corrected chi connectivity index (χ3v) is 5.67. The lowest BCUT2D eigenvalue weighted by molar-refractivity contribution is -0.117. The third kappa shape index (κ3) is 0.731. The molecule has 0 aromatic carbocycles. The molecule has 1 spiro atoms. The summed E-state index contributed by atoms with van der Waals surface area (Å²) in [6.45, 7) is 2.30. The Morgan fingerprint density at radius 2 is 2.00 bits per heavy atom. The van der Waals surface area contributed by atoms with Crippen LogP contribution in [-0.4, -0.2) is 11.9 Å². The molecule has 1 N–H and O–H groups in total. The van der Waals surface area contributed by atoms with Crippen LogP contribution in [0.1, 0.15) is 45.4 Å². The van der Waals surface area contributed by atoms with Gasteiger partial charge in [-0.2, -0.15) is 0 Å². The number of fused-ring (bicyclic) bond motifs is 3. The first-order valence-corrected chi connectivity index (χ1v) is 5.94. The first-order chi connectivity index (χ1) is 6.73. The number of amides is 1. The zero-order valence-electron chi connectivity index (χ0n) is 8.88. The summed E-state index contributed by atoms with van der Waals surface area (Å²) in [4.78, 5) is 10.8. The molecule has 1 amide bonds. The number of nitrogens with one attached hydrogen (secondary N) is 1. The molecule has 3 unspecified atom stereocenters. The largest absolute Gasteiger partial charge is 0.353 e. The van der Waals surface area contributed by atoms with Gasteiger partial charge in [0.25, 0.3) is 0 Å². The molecule has 0 aromatic heterocycles. The van der Waals surface area contributed by atoms with Crippen molar-refractivity contribution >= 4 is 6.41 Å². The van der Waals surface area contributed by atoms with Gasteiger partial charge in [0.1, 0.15) is 0 Å². The first kappa shape index (κ1) is 8.75. The summed E-state index contributed by atoms with van der Waals surface area (Å²) in [5.74, 6) is 1.68. The minimum atomic E-state index is 0.135. The normalized spacial score (nSPS) is 47.8. The van der Waals surface area contributed by atoms with Crippen molar-refractivity contribution in [1.82, 2.24) is 5.32 Å². The van der Waals surface area contributed by atoms with Crippen molar-refractivity contribution in [2.75, 3.05) is 0 Å². The van der Waals surface area contributed by atoms with E-state index in [0.717, 1.165) is 18.2 Å². The van der Waals surface area contributed by atoms with Gasteiger partial charge in [-0.25, -0.2) is 0 Å². The van der Waals surface area contributed by atoms with Crippen LogP contribution in [0.3, 0.4) is 0 Å². The van der Waals surface area contributed by atoms with E-state index >= 15 is 0 Å². The molecular formula is C12H19NO. The van der Waals surface area contributed by atoms with Crippen molar-refractivity contribution in [1.29, 1.82) is 0 Å². The average Bonchev–Trinajstić information content (AvgIpc) is 2.59. The van der Waals surface area contributed by atoms with E-state index in [9.17, 15) is 4.79 Å². The highest BCUT2D eigenvalue weighted by atomic mass is 16.1. The quantitative estimate of drug-likeness (QED) is 0.668. The Morgan fingerprint density at radius 3 is 2.57 bits per heavy atom. The summed E-state index contributed by atoms with van der Waals surface area (Å²) in [6, 6.07) is 0. The average molecular weight is 193 g/mol. The molecule has 3 rings (SSSR count). The Morgan fingerprint density at radius 1 is 1.29 bits per heavy atom. The Balaban J connectivity index is 1.97. The molecule has 2 nitrogen and oxygen atoms in total. The monoisotopic (exact) mass is 193 g/mol. The molecule has 0 saturated heterocycles. The predicted molar refractivity (Wildman–Crippen MR) is 54.7 cm³/mol. The van der Waals surface area contributed by atoms with Crippen LogP contribution in [0.15, 0.2) is 0 Å². The molecule has 2 bridgehead atoms. The highest BCUT2D eigenvalue weighted by molar-refractivity contribution is 5.49. The fourth-order valence-electron chi connectivity index (χ4n) is 4.71. The van der Waals surface area contributed by atoms with Crippen molar-refractivity contribution in [3.8, 4) is 0 Å². The van der Waals surface area contributed by atoms with E-state index < -0.39 is 0 Å². The summed E-state index contributed by atoms with van der Waals surface area (Å²) in [6.07, 6.45) is 9.14. The number of rotatable bonds is 2. The molecule has 3 saturated carbocycles. The van der Waals surface area contributed by atoms with E-state index in [1.165, 1.54) is 38.5 Å². The fourth-order valence-corrected chi connectivity index (χ4v) is 4.71. The second kappa shape index (κ2) is 2.53. The van der Waals surface area contributed by atoms with Gasteiger partial charge in [-0.05, 0) is 56.3 Å². The Hall–Kier alpha value is -0.530. The molecule has 78 valence electrons. The van der Waals surface area contributed by atoms with Crippen LogP contribution in [0.4, 0.5) is 0 Å². The Bertz CT molecular complexity index is 271.